The Hall–Kier alpha value is -3.78. The van der Waals surface area contributed by atoms with E-state index in [2.05, 4.69) is 35.2 Å². The molecule has 8 nitrogen and oxygen atoms in total. The van der Waals surface area contributed by atoms with Crippen molar-refractivity contribution < 1.29 is 19.1 Å². The van der Waals surface area contributed by atoms with Crippen LogP contribution in [0, 0.1) is 12.8 Å². The van der Waals surface area contributed by atoms with Crippen LogP contribution in [0.3, 0.4) is 0 Å². The number of nitrogens with zero attached hydrogens (tertiary/aromatic N) is 3. The molecule has 2 N–H and O–H groups in total. The Morgan fingerprint density at radius 2 is 1.85 bits per heavy atom. The monoisotopic (exact) mass is 558 g/mol. The van der Waals surface area contributed by atoms with Crippen LogP contribution in [-0.2, 0) is 22.6 Å². The molecule has 1 aliphatic carbocycles. The molecule has 0 aliphatic heterocycles. The van der Waals surface area contributed by atoms with Gasteiger partial charge in [0.05, 0.1) is 22.9 Å². The Balaban J connectivity index is 0.000000426. The van der Waals surface area contributed by atoms with Crippen LogP contribution in [0.2, 0.25) is 0 Å². The van der Waals surface area contributed by atoms with Crippen LogP contribution in [0.4, 0.5) is 5.69 Å². The molecule has 8 heteroatoms. The summed E-state index contributed by atoms with van der Waals surface area (Å²) in [7, 11) is 2.10. The van der Waals surface area contributed by atoms with Crippen LogP contribution < -0.4 is 5.32 Å². The van der Waals surface area contributed by atoms with E-state index in [9.17, 15) is 9.59 Å². The van der Waals surface area contributed by atoms with Gasteiger partial charge in [-0.15, -0.1) is 0 Å². The topological polar surface area (TPSA) is 109 Å². The van der Waals surface area contributed by atoms with Gasteiger partial charge < -0.3 is 19.7 Å². The third kappa shape index (κ3) is 8.60. The van der Waals surface area contributed by atoms with Crippen molar-refractivity contribution >= 4 is 39.6 Å². The van der Waals surface area contributed by atoms with Crippen LogP contribution in [0.25, 0.3) is 22.0 Å². The molecule has 1 amide bonds. The average Bonchev–Trinajstić information content (AvgIpc) is 3.60. The number of benzene rings is 2. The highest BCUT2D eigenvalue weighted by atomic mass is 16.4. The molecule has 0 atom stereocenters. The minimum Gasteiger partial charge on any atom is -0.481 e. The Morgan fingerprint density at radius 3 is 2.59 bits per heavy atom. The number of nitrogens with one attached hydrogen (secondary N) is 1. The predicted molar refractivity (Wildman–Crippen MR) is 163 cm³/mol. The number of fused-ring (bicyclic) bond motifs is 2. The first-order valence-electron chi connectivity index (χ1n) is 14.8. The third-order valence-corrected chi connectivity index (χ3v) is 7.65. The molecule has 1 saturated carbocycles. The van der Waals surface area contributed by atoms with Gasteiger partial charge in [0.15, 0.2) is 0 Å². The summed E-state index contributed by atoms with van der Waals surface area (Å²) >= 11 is 0. The minimum atomic E-state index is -0.682. The van der Waals surface area contributed by atoms with Crippen molar-refractivity contribution in [3.8, 4) is 0 Å². The lowest BCUT2D eigenvalue weighted by molar-refractivity contribution is -0.137. The molecular formula is C33H42N4O4. The van der Waals surface area contributed by atoms with E-state index in [1.807, 2.05) is 49.5 Å². The molecule has 0 radical (unpaired) electrons. The number of aliphatic carboxylic acids is 1. The summed E-state index contributed by atoms with van der Waals surface area (Å²) in [5.41, 5.74) is 5.71. The highest BCUT2D eigenvalue weighted by molar-refractivity contribution is 5.95. The summed E-state index contributed by atoms with van der Waals surface area (Å²) in [5, 5.41) is 12.3. The molecule has 0 spiro atoms. The van der Waals surface area contributed by atoms with Crippen LogP contribution in [0.15, 0.2) is 53.1 Å². The zero-order valence-corrected chi connectivity index (χ0v) is 24.5. The van der Waals surface area contributed by atoms with Crippen molar-refractivity contribution in [3.63, 3.8) is 0 Å². The van der Waals surface area contributed by atoms with Crippen molar-refractivity contribution in [2.75, 3.05) is 18.9 Å². The standard InChI is InChI=1S/C27H30N4O2.C6H12O2/c1-18-22(13-14-31(2)17-21-16-28-24-9-5-6-10-25(24)29-21)23-15-20(11-12-26(23)33-18)30-27(32)19-7-3-4-8-19;1-2-3-4-5-6(7)8/h5-6,9-12,15-16,19H,3-4,7-8,13-14,17H2,1-2H3,(H,30,32);2-5H2,1H3,(H,7,8). The largest absolute Gasteiger partial charge is 0.481 e. The molecule has 2 heterocycles. The molecule has 4 aromatic rings. The molecule has 2 aromatic heterocycles. The van der Waals surface area contributed by atoms with Crippen LogP contribution >= 0.6 is 0 Å². The van der Waals surface area contributed by atoms with E-state index in [0.717, 1.165) is 104 Å². The van der Waals surface area contributed by atoms with Gasteiger partial charge in [0.1, 0.15) is 11.3 Å². The number of carboxylic acid groups (broad SMARTS) is 1. The maximum atomic E-state index is 12.6. The second kappa shape index (κ2) is 14.7. The number of para-hydroxylation sites is 2. The van der Waals surface area contributed by atoms with E-state index in [-0.39, 0.29) is 11.8 Å². The van der Waals surface area contributed by atoms with Gasteiger partial charge in [-0.2, -0.15) is 0 Å². The van der Waals surface area contributed by atoms with Gasteiger partial charge in [-0.05, 0) is 70.0 Å². The molecule has 41 heavy (non-hydrogen) atoms. The number of hydrogen-bond donors (Lipinski definition) is 2. The number of furan rings is 1. The summed E-state index contributed by atoms with van der Waals surface area (Å²) in [5.74, 6) is 0.546. The Bertz CT molecular complexity index is 1460. The normalized spacial score (nSPS) is 13.5. The summed E-state index contributed by atoms with van der Waals surface area (Å²) in [6.07, 6.45) is 10.3. The SMILES string of the molecule is CCCCCC(=O)O.Cc1oc2ccc(NC(=O)C3CCCC3)cc2c1CCN(C)Cc1cnc2ccccc2n1. The number of aromatic nitrogens is 2. The fourth-order valence-corrected chi connectivity index (χ4v) is 5.35. The van der Waals surface area contributed by atoms with Gasteiger partial charge in [0.2, 0.25) is 5.91 Å². The summed E-state index contributed by atoms with van der Waals surface area (Å²) in [4.78, 5) is 33.9. The van der Waals surface area contributed by atoms with Crippen LogP contribution in [0.5, 0.6) is 0 Å². The minimum absolute atomic E-state index is 0.143. The maximum Gasteiger partial charge on any atom is 0.303 e. The van der Waals surface area contributed by atoms with Gasteiger partial charge in [-0.25, -0.2) is 4.98 Å². The lowest BCUT2D eigenvalue weighted by Gasteiger charge is -2.16. The molecule has 218 valence electrons. The van der Waals surface area contributed by atoms with Crippen molar-refractivity contribution in [1.82, 2.24) is 14.9 Å². The van der Waals surface area contributed by atoms with Crippen molar-refractivity contribution in [2.24, 2.45) is 5.92 Å². The number of likely N-dealkylation sites (N-methyl/N-ethyl adjacent to an activating group) is 1. The highest BCUT2D eigenvalue weighted by Gasteiger charge is 2.23. The van der Waals surface area contributed by atoms with Gasteiger partial charge in [-0.1, -0.05) is 44.7 Å². The molecule has 0 saturated heterocycles. The first-order chi connectivity index (χ1) is 19.8. The number of hydrogen-bond acceptors (Lipinski definition) is 6. The number of rotatable bonds is 11. The van der Waals surface area contributed by atoms with E-state index in [1.54, 1.807) is 0 Å². The van der Waals surface area contributed by atoms with Crippen molar-refractivity contribution in [3.05, 3.63) is 65.7 Å². The summed E-state index contributed by atoms with van der Waals surface area (Å²) in [6, 6.07) is 13.9. The first kappa shape index (κ1) is 30.2. The quantitative estimate of drug-likeness (QED) is 0.188. The number of anilines is 1. The van der Waals surface area contributed by atoms with Crippen LogP contribution in [-0.4, -0.2) is 45.4 Å². The van der Waals surface area contributed by atoms with Crippen molar-refractivity contribution in [1.29, 1.82) is 0 Å². The zero-order chi connectivity index (χ0) is 29.2. The predicted octanol–water partition coefficient (Wildman–Crippen LogP) is 7.14. The second-order valence-corrected chi connectivity index (χ2v) is 11.0. The van der Waals surface area contributed by atoms with Crippen LogP contribution in [0.1, 0.15) is 75.3 Å². The number of carboxylic acids is 1. The molecule has 1 fully saturated rings. The number of amides is 1. The van der Waals surface area contributed by atoms with E-state index in [1.165, 1.54) is 5.56 Å². The molecular weight excluding hydrogens is 516 g/mol. The lowest BCUT2D eigenvalue weighted by atomic mass is 10.1. The van der Waals surface area contributed by atoms with Gasteiger partial charge in [0, 0.05) is 42.1 Å². The van der Waals surface area contributed by atoms with Gasteiger partial charge in [0.25, 0.3) is 0 Å². The summed E-state index contributed by atoms with van der Waals surface area (Å²) in [6.45, 7) is 5.67. The number of unbranched alkanes of at least 4 members (excludes halogenated alkanes) is 2. The average molecular weight is 559 g/mol. The first-order valence-corrected chi connectivity index (χ1v) is 14.8. The van der Waals surface area contributed by atoms with E-state index in [4.69, 9.17) is 14.5 Å². The molecule has 2 aromatic carbocycles. The fraction of sp³-hybridized carbons (Fsp3) is 0.455. The zero-order valence-electron chi connectivity index (χ0n) is 24.5. The molecule has 5 rings (SSSR count). The third-order valence-electron chi connectivity index (χ3n) is 7.65. The van der Waals surface area contributed by atoms with E-state index < -0.39 is 5.97 Å². The lowest BCUT2D eigenvalue weighted by Crippen LogP contribution is -2.21. The Morgan fingerprint density at radius 1 is 1.10 bits per heavy atom. The Kier molecular flexibility index (Phi) is 10.8. The molecule has 1 aliphatic rings. The van der Waals surface area contributed by atoms with Gasteiger partial charge in [-0.3, -0.25) is 14.6 Å². The maximum absolute atomic E-state index is 12.6. The second-order valence-electron chi connectivity index (χ2n) is 11.0. The van der Waals surface area contributed by atoms with Crippen molar-refractivity contribution in [2.45, 2.75) is 78.2 Å². The number of carbonyl (C=O) groups excluding carboxylic acids is 1. The molecule has 0 unspecified atom stereocenters. The smallest absolute Gasteiger partial charge is 0.303 e. The molecule has 0 bridgehead atoms. The number of carbonyl (C=O) groups is 2. The van der Waals surface area contributed by atoms with E-state index >= 15 is 0 Å². The highest BCUT2D eigenvalue weighted by Crippen LogP contribution is 2.30. The fourth-order valence-electron chi connectivity index (χ4n) is 5.35. The van der Waals surface area contributed by atoms with Gasteiger partial charge >= 0.3 is 5.97 Å². The van der Waals surface area contributed by atoms with E-state index in [0.29, 0.717) is 6.42 Å². The Labute approximate surface area is 242 Å². The number of aryl methyl sites for hydroxylation is 1. The summed E-state index contributed by atoms with van der Waals surface area (Å²) < 4.78 is 6.00.